The largest absolute Gasteiger partial charge is 0.493 e. The number of nitrogens with two attached hydrogens (primary N) is 1. The maximum atomic E-state index is 13.4. The number of likely N-dealkylation sites (tertiary alicyclic amines) is 1. The zero-order valence-electron chi connectivity index (χ0n) is 23.7. The van der Waals surface area contributed by atoms with E-state index in [0.717, 1.165) is 37.1 Å². The molecule has 0 unspecified atom stereocenters. The lowest BCUT2D eigenvalue weighted by molar-refractivity contribution is 0.0944. The number of methoxy groups -OCH3 is 1. The molecule has 1 aliphatic rings. The predicted molar refractivity (Wildman–Crippen MR) is 158 cm³/mol. The number of hydrazone groups is 1. The smallest absolute Gasteiger partial charge is 0.292 e. The van der Waals surface area contributed by atoms with Crippen LogP contribution < -0.4 is 20.6 Å². The summed E-state index contributed by atoms with van der Waals surface area (Å²) in [6.45, 7) is 6.54. The molecule has 13 nitrogen and oxygen atoms in total. The van der Waals surface area contributed by atoms with Gasteiger partial charge in [0.1, 0.15) is 12.3 Å². The van der Waals surface area contributed by atoms with Gasteiger partial charge < -0.3 is 15.2 Å². The molecule has 222 valence electrons. The molecule has 1 aliphatic heterocycles. The Labute approximate surface area is 249 Å². The van der Waals surface area contributed by atoms with Crippen LogP contribution in [0.3, 0.4) is 0 Å². The minimum absolute atomic E-state index is 0. The van der Waals surface area contributed by atoms with Crippen molar-refractivity contribution in [2.24, 2.45) is 5.10 Å². The van der Waals surface area contributed by atoms with Gasteiger partial charge in [-0.25, -0.2) is 10.1 Å². The van der Waals surface area contributed by atoms with Crippen LogP contribution >= 0.6 is 12.4 Å². The van der Waals surface area contributed by atoms with Crippen LogP contribution in [-0.2, 0) is 13.2 Å². The van der Waals surface area contributed by atoms with Crippen molar-refractivity contribution in [3.05, 3.63) is 70.5 Å². The van der Waals surface area contributed by atoms with Gasteiger partial charge in [0.05, 0.1) is 12.8 Å². The average molecular weight is 596 g/mol. The van der Waals surface area contributed by atoms with E-state index in [1.165, 1.54) is 16.7 Å². The second kappa shape index (κ2) is 13.9. The number of piperidine rings is 1. The second-order valence-electron chi connectivity index (χ2n) is 9.88. The lowest BCUT2D eigenvalue weighted by Gasteiger charge is -2.25. The number of carbonyl (C=O) groups excluding carboxylic acids is 1. The highest BCUT2D eigenvalue weighted by atomic mass is 35.5. The van der Waals surface area contributed by atoms with Crippen LogP contribution in [0, 0.1) is 6.92 Å². The minimum Gasteiger partial charge on any atom is -0.493 e. The molecule has 0 radical (unpaired) electrons. The molecule has 1 amide bonds. The highest BCUT2D eigenvalue weighted by Crippen LogP contribution is 2.29. The first kappa shape index (κ1) is 30.5. The molecule has 14 heteroatoms. The van der Waals surface area contributed by atoms with Crippen LogP contribution in [0.4, 0.5) is 5.82 Å². The van der Waals surface area contributed by atoms with Gasteiger partial charge in [0.15, 0.2) is 17.2 Å². The molecule has 3 N–H and O–H groups in total. The molecule has 1 fully saturated rings. The lowest BCUT2D eigenvalue weighted by Crippen LogP contribution is -2.31. The Hall–Kier alpha value is -4.49. The Balaban J connectivity index is 0.00000405. The first-order valence-electron chi connectivity index (χ1n) is 13.4. The normalized spacial score (nSPS) is 13.8. The van der Waals surface area contributed by atoms with Gasteiger partial charge in [0.2, 0.25) is 11.6 Å². The zero-order valence-corrected chi connectivity index (χ0v) is 24.6. The quantitative estimate of drug-likeness (QED) is 0.204. The Bertz CT molecular complexity index is 1530. The molecule has 1 saturated heterocycles. The standard InChI is InChI=1S/C28H33N9O4.ClH/c1-18-7-9-20(10-8-18)17-40-23-12-11-21(15-24(23)39-3)19(2)30-32-28(38)25-22(16-36-13-5-4-6-14-36)31-35-37(25)27-26(29)33-41-34-27;/h7-12,15H,4-6,13-14,16-17H2,1-3H3,(H2,29,33)(H,32,38);1H/b30-19+;. The number of nitrogens with one attached hydrogen (secondary N) is 1. The summed E-state index contributed by atoms with van der Waals surface area (Å²) < 4.78 is 17.5. The first-order chi connectivity index (χ1) is 19.9. The number of nitrogen functional groups attached to an aromatic ring is 1. The van der Waals surface area contributed by atoms with Gasteiger partial charge in [-0.1, -0.05) is 41.5 Å². The fourth-order valence-corrected chi connectivity index (χ4v) is 4.57. The van der Waals surface area contributed by atoms with E-state index in [1.54, 1.807) is 14.0 Å². The number of carbonyl (C=O) groups is 1. The maximum Gasteiger partial charge on any atom is 0.292 e. The summed E-state index contributed by atoms with van der Waals surface area (Å²) in [5.41, 5.74) is 12.7. The number of amides is 1. The number of ether oxygens (including phenoxy) is 2. The van der Waals surface area contributed by atoms with Crippen molar-refractivity contribution in [2.45, 2.75) is 46.3 Å². The number of anilines is 1. The van der Waals surface area contributed by atoms with Crippen molar-refractivity contribution in [2.75, 3.05) is 25.9 Å². The molecular formula is C28H34ClN9O4. The number of hydrogen-bond donors (Lipinski definition) is 2. The van der Waals surface area contributed by atoms with Crippen LogP contribution in [0.1, 0.15) is 59.1 Å². The van der Waals surface area contributed by atoms with Crippen LogP contribution in [0.15, 0.2) is 52.2 Å². The molecule has 42 heavy (non-hydrogen) atoms. The van der Waals surface area contributed by atoms with E-state index in [4.69, 9.17) is 19.8 Å². The number of hydrogen-bond acceptors (Lipinski definition) is 11. The van der Waals surface area contributed by atoms with Crippen molar-refractivity contribution in [3.8, 4) is 17.3 Å². The van der Waals surface area contributed by atoms with E-state index in [9.17, 15) is 4.79 Å². The second-order valence-corrected chi connectivity index (χ2v) is 9.88. The monoisotopic (exact) mass is 595 g/mol. The Morgan fingerprint density at radius 2 is 1.86 bits per heavy atom. The minimum atomic E-state index is -0.520. The third-order valence-electron chi connectivity index (χ3n) is 6.89. The number of aryl methyl sites for hydroxylation is 1. The van der Waals surface area contributed by atoms with E-state index in [-0.39, 0.29) is 29.7 Å². The lowest BCUT2D eigenvalue weighted by atomic mass is 10.1. The summed E-state index contributed by atoms with van der Waals surface area (Å²) in [4.78, 5) is 15.7. The summed E-state index contributed by atoms with van der Waals surface area (Å²) in [6, 6.07) is 13.6. The Morgan fingerprint density at radius 1 is 1.10 bits per heavy atom. The molecule has 0 saturated carbocycles. The molecule has 0 atom stereocenters. The van der Waals surface area contributed by atoms with E-state index < -0.39 is 5.91 Å². The summed E-state index contributed by atoms with van der Waals surface area (Å²) in [5.74, 6) is 0.707. The molecule has 4 aromatic rings. The fraction of sp³-hybridized carbons (Fsp3) is 0.357. The van der Waals surface area contributed by atoms with E-state index in [0.29, 0.717) is 36.1 Å². The van der Waals surface area contributed by atoms with Crippen molar-refractivity contribution < 1.29 is 18.9 Å². The van der Waals surface area contributed by atoms with Gasteiger partial charge in [-0.2, -0.15) is 9.78 Å². The van der Waals surface area contributed by atoms with Crippen molar-refractivity contribution in [1.29, 1.82) is 0 Å². The van der Waals surface area contributed by atoms with Crippen molar-refractivity contribution in [3.63, 3.8) is 0 Å². The van der Waals surface area contributed by atoms with Crippen molar-refractivity contribution >= 4 is 29.8 Å². The predicted octanol–water partition coefficient (Wildman–Crippen LogP) is 3.69. The summed E-state index contributed by atoms with van der Waals surface area (Å²) in [5, 5.41) is 20.1. The van der Waals surface area contributed by atoms with E-state index in [2.05, 4.69) is 36.1 Å². The van der Waals surface area contributed by atoms with Crippen LogP contribution in [-0.4, -0.2) is 62.0 Å². The molecule has 0 bridgehead atoms. The third kappa shape index (κ3) is 7.04. The highest BCUT2D eigenvalue weighted by Gasteiger charge is 2.26. The number of halogens is 1. The average Bonchev–Trinajstić information content (AvgIpc) is 3.61. The molecule has 2 aromatic carbocycles. The van der Waals surface area contributed by atoms with Gasteiger partial charge in [-0.05, 0) is 73.9 Å². The highest BCUT2D eigenvalue weighted by molar-refractivity contribution is 6.01. The SMILES string of the molecule is COc1cc(/C(C)=N/NC(=O)c2c(CN3CCCCC3)nnn2-c2nonc2N)ccc1OCc1ccc(C)cc1.Cl. The van der Waals surface area contributed by atoms with Crippen molar-refractivity contribution in [1.82, 2.24) is 35.6 Å². The number of aromatic nitrogens is 5. The van der Waals surface area contributed by atoms with Crippen LogP contribution in [0.5, 0.6) is 11.5 Å². The number of rotatable bonds is 10. The van der Waals surface area contributed by atoms with Crippen LogP contribution in [0.25, 0.3) is 5.82 Å². The van der Waals surface area contributed by atoms with Gasteiger partial charge in [-0.3, -0.25) is 9.69 Å². The molecule has 0 aliphatic carbocycles. The Kier molecular flexibility index (Phi) is 10.1. The van der Waals surface area contributed by atoms with Gasteiger partial charge in [0, 0.05) is 12.1 Å². The summed E-state index contributed by atoms with van der Waals surface area (Å²) >= 11 is 0. The fourth-order valence-electron chi connectivity index (χ4n) is 4.57. The topological polar surface area (TPSA) is 159 Å². The third-order valence-corrected chi connectivity index (χ3v) is 6.89. The molecular weight excluding hydrogens is 562 g/mol. The first-order valence-corrected chi connectivity index (χ1v) is 13.4. The molecule has 5 rings (SSSR count). The molecule has 0 spiro atoms. The maximum absolute atomic E-state index is 13.4. The van der Waals surface area contributed by atoms with E-state index in [1.807, 2.05) is 49.4 Å². The van der Waals surface area contributed by atoms with Gasteiger partial charge in [-0.15, -0.1) is 17.5 Å². The van der Waals surface area contributed by atoms with Gasteiger partial charge in [0.25, 0.3) is 5.91 Å². The summed E-state index contributed by atoms with van der Waals surface area (Å²) in [6.07, 6.45) is 3.38. The number of nitrogens with zero attached hydrogens (tertiary/aromatic N) is 7. The Morgan fingerprint density at radius 3 is 2.55 bits per heavy atom. The van der Waals surface area contributed by atoms with Crippen LogP contribution in [0.2, 0.25) is 0 Å². The van der Waals surface area contributed by atoms with Gasteiger partial charge >= 0.3 is 0 Å². The molecule has 3 heterocycles. The van der Waals surface area contributed by atoms with E-state index >= 15 is 0 Å². The molecule has 2 aromatic heterocycles. The zero-order chi connectivity index (χ0) is 28.8. The summed E-state index contributed by atoms with van der Waals surface area (Å²) in [7, 11) is 1.58. The number of benzene rings is 2.